The molecule has 2 N–H and O–H groups in total. The average molecular weight is 453 g/mol. The molecule has 0 aliphatic carbocycles. The summed E-state index contributed by atoms with van der Waals surface area (Å²) in [5.41, 5.74) is 5.03. The van der Waals surface area contributed by atoms with Gasteiger partial charge in [0, 0.05) is 0 Å². The Morgan fingerprint density at radius 2 is 1.50 bits per heavy atom. The van der Waals surface area contributed by atoms with Crippen LogP contribution in [0.3, 0.4) is 0 Å². The quantitative estimate of drug-likeness (QED) is 0.480. The van der Waals surface area contributed by atoms with E-state index in [9.17, 15) is 0 Å². The molecule has 0 spiro atoms. The summed E-state index contributed by atoms with van der Waals surface area (Å²) in [5, 5.41) is 0. The molecule has 0 saturated heterocycles. The van der Waals surface area contributed by atoms with Gasteiger partial charge in [0.15, 0.2) is 0 Å². The number of alkyl halides is 3. The third-order valence-electron chi connectivity index (χ3n) is 0.289. The van der Waals surface area contributed by atoms with Gasteiger partial charge in [-0.1, -0.05) is 74.7 Å². The minimum Gasteiger partial charge on any atom is -0.330 e. The van der Waals surface area contributed by atoms with E-state index in [0.717, 1.165) is 12.9 Å². The molecule has 52 valence electrons. The first-order valence-electron chi connectivity index (χ1n) is 2.27. The number of rotatable bonds is 1. The first kappa shape index (κ1) is 12.8. The second-order valence-corrected chi connectivity index (χ2v) is 11.9. The molecule has 0 amide bonds. The molecule has 0 aromatic heterocycles. The predicted molar refractivity (Wildman–Crippen MR) is 65.2 cm³/mol. The van der Waals surface area contributed by atoms with Crippen molar-refractivity contribution >= 4 is 67.8 Å². The van der Waals surface area contributed by atoms with Crippen LogP contribution in [0.1, 0.15) is 13.3 Å². The summed E-state index contributed by atoms with van der Waals surface area (Å²) in [4.78, 5) is 0. The minimum atomic E-state index is 0.743. The number of halogens is 3. The van der Waals surface area contributed by atoms with Crippen LogP contribution >= 0.6 is 67.8 Å². The molecule has 4 heteroatoms. The second kappa shape index (κ2) is 11.9. The van der Waals surface area contributed by atoms with Crippen LogP contribution in [-0.4, -0.2) is 6.48 Å². The maximum atomic E-state index is 5.03. The molecule has 1 nitrogen and oxygen atoms in total. The van der Waals surface area contributed by atoms with Crippen LogP contribution in [0.5, 0.6) is 0 Å². The Kier molecular flexibility index (Phi) is 19.0. The van der Waals surface area contributed by atoms with Gasteiger partial charge in [0.05, 0.1) is 0 Å². The summed E-state index contributed by atoms with van der Waals surface area (Å²) in [6, 6.07) is 0. The van der Waals surface area contributed by atoms with E-state index < -0.39 is 0 Å². The molecule has 0 rings (SSSR count). The van der Waals surface area contributed by atoms with E-state index in [0.29, 0.717) is 0 Å². The van der Waals surface area contributed by atoms with Gasteiger partial charge in [-0.05, 0) is 13.0 Å². The van der Waals surface area contributed by atoms with E-state index in [1.807, 2.05) is 0 Å². The van der Waals surface area contributed by atoms with Crippen molar-refractivity contribution in [1.29, 1.82) is 0 Å². The normalized spacial score (nSPS) is 8.25. The zero-order valence-corrected chi connectivity index (χ0v) is 11.2. The Balaban J connectivity index is 0. The maximum Gasteiger partial charge on any atom is 0.114 e. The minimum absolute atomic E-state index is 0.743. The van der Waals surface area contributed by atoms with Gasteiger partial charge in [0.25, 0.3) is 0 Å². The van der Waals surface area contributed by atoms with Crippen molar-refractivity contribution in [1.82, 2.24) is 0 Å². The Hall–Kier alpha value is 2.15. The van der Waals surface area contributed by atoms with Crippen molar-refractivity contribution < 1.29 is 0 Å². The highest BCUT2D eigenvalue weighted by atomic mass is 127. The monoisotopic (exact) mass is 453 g/mol. The van der Waals surface area contributed by atoms with E-state index >= 15 is 0 Å². The van der Waals surface area contributed by atoms with Gasteiger partial charge < -0.3 is 5.73 Å². The van der Waals surface area contributed by atoms with Gasteiger partial charge in [0.1, 0.15) is -0.0619 Å². The molecule has 0 radical (unpaired) electrons. The summed E-state index contributed by atoms with van der Waals surface area (Å²) in [6.45, 7) is 2.88. The summed E-state index contributed by atoms with van der Waals surface area (Å²) < 4.78 is 0.743. The number of hydrogen-bond donors (Lipinski definition) is 1. The van der Waals surface area contributed by atoms with Gasteiger partial charge in [0.2, 0.25) is 0 Å². The van der Waals surface area contributed by atoms with Crippen LogP contribution in [0, 0.1) is 0 Å². The van der Waals surface area contributed by atoms with Crippen LogP contribution in [-0.2, 0) is 0 Å². The van der Waals surface area contributed by atoms with Gasteiger partial charge in [-0.3, -0.25) is 0 Å². The van der Waals surface area contributed by atoms with Crippen molar-refractivity contribution in [2.45, 2.75) is 13.3 Å². The lowest BCUT2D eigenvalue weighted by molar-refractivity contribution is 0.932. The van der Waals surface area contributed by atoms with E-state index in [-0.39, 0.29) is 0 Å². The third kappa shape index (κ3) is 42.0. The molecule has 0 aromatic carbocycles. The highest BCUT2D eigenvalue weighted by Crippen LogP contribution is 2.16. The molecule has 0 bridgehead atoms. The molecule has 0 aliphatic heterocycles. The Morgan fingerprint density at radius 3 is 1.50 bits per heavy atom. The zero-order valence-electron chi connectivity index (χ0n) is 4.70. The Bertz CT molecular complexity index is 27.7. The highest BCUT2D eigenvalue weighted by Gasteiger charge is 1.76. The lowest BCUT2D eigenvalue weighted by atomic mass is 10.5. The molecule has 0 aromatic rings. The average Bonchev–Trinajstić information content (AvgIpc) is 1.65. The molecular formula is C4H10I3N. The largest absolute Gasteiger partial charge is 0.330 e. The number of hydrogen-bond acceptors (Lipinski definition) is 1. The van der Waals surface area contributed by atoms with Crippen LogP contribution < -0.4 is 5.73 Å². The molecule has 0 unspecified atom stereocenters. The standard InChI is InChI=1S/C3H9N.CHI3/c1-2-3-4;2-1(3)4/h2-4H2,1H3;1H. The van der Waals surface area contributed by atoms with Crippen molar-refractivity contribution in [3.05, 3.63) is 0 Å². The van der Waals surface area contributed by atoms with E-state index in [1.54, 1.807) is 0 Å². The van der Waals surface area contributed by atoms with Crippen LogP contribution in [0.25, 0.3) is 0 Å². The first-order valence-corrected chi connectivity index (χ1v) is 6.01. The predicted octanol–water partition coefficient (Wildman–Crippen LogP) is 2.93. The van der Waals surface area contributed by atoms with Crippen LogP contribution in [0.4, 0.5) is 0 Å². The summed E-state index contributed by atoms with van der Waals surface area (Å²) in [6.07, 6.45) is 1.10. The fourth-order valence-electron chi connectivity index (χ4n) is 0. The molecule has 0 fully saturated rings. The Labute approximate surface area is 92.0 Å². The molecule has 0 saturated carbocycles. The summed E-state index contributed by atoms with van der Waals surface area (Å²) >= 11 is 6.95. The van der Waals surface area contributed by atoms with Gasteiger partial charge in [-0.25, -0.2) is 0 Å². The Morgan fingerprint density at radius 1 is 1.38 bits per heavy atom. The molecule has 0 atom stereocenters. The smallest absolute Gasteiger partial charge is 0.114 e. The first-order chi connectivity index (χ1) is 3.65. The van der Waals surface area contributed by atoms with Crippen molar-refractivity contribution in [2.75, 3.05) is 6.54 Å². The third-order valence-corrected chi connectivity index (χ3v) is 0.289. The van der Waals surface area contributed by atoms with E-state index in [4.69, 9.17) is 5.73 Å². The topological polar surface area (TPSA) is 26.0 Å². The van der Waals surface area contributed by atoms with Crippen molar-refractivity contribution in [3.8, 4) is 0 Å². The number of nitrogens with two attached hydrogens (primary N) is 1. The molecule has 0 aliphatic rings. The molecule has 8 heavy (non-hydrogen) atoms. The fourth-order valence-corrected chi connectivity index (χ4v) is 0. The van der Waals surface area contributed by atoms with Gasteiger partial charge in [-0.15, -0.1) is 0 Å². The SMILES string of the molecule is CCCN.IC(I)I. The molecule has 0 heterocycles. The van der Waals surface area contributed by atoms with Gasteiger partial charge >= 0.3 is 0 Å². The lowest BCUT2D eigenvalue weighted by Crippen LogP contribution is -1.93. The zero-order chi connectivity index (χ0) is 6.99. The summed E-state index contributed by atoms with van der Waals surface area (Å²) in [7, 11) is 0. The van der Waals surface area contributed by atoms with Crippen molar-refractivity contribution in [3.63, 3.8) is 0 Å². The van der Waals surface area contributed by atoms with Gasteiger partial charge in [-0.2, -0.15) is 0 Å². The fraction of sp³-hybridized carbons (Fsp3) is 1.00. The van der Waals surface area contributed by atoms with E-state index in [2.05, 4.69) is 74.7 Å². The molecular weight excluding hydrogens is 443 g/mol. The second-order valence-electron chi connectivity index (χ2n) is 1.04. The van der Waals surface area contributed by atoms with Crippen LogP contribution in [0.15, 0.2) is 0 Å². The highest BCUT2D eigenvalue weighted by molar-refractivity contribution is 14.3. The maximum absolute atomic E-state index is 5.03. The van der Waals surface area contributed by atoms with E-state index in [1.165, 1.54) is 0 Å². The lowest BCUT2D eigenvalue weighted by Gasteiger charge is -1.71. The summed E-state index contributed by atoms with van der Waals surface area (Å²) in [5.74, 6) is 0. The van der Waals surface area contributed by atoms with Crippen molar-refractivity contribution in [2.24, 2.45) is 5.73 Å². The van der Waals surface area contributed by atoms with Crippen LogP contribution in [0.2, 0.25) is 0 Å².